The summed E-state index contributed by atoms with van der Waals surface area (Å²) in [5.41, 5.74) is 1.73. The standard InChI is InChI=1S/C19H31N3O2/c1-14-10-11-15(12-20-14)13-21-16-8-6-5-7-9-17(16)22-18(23)24-19(2,3)4/h10-12,16-17,21H,5-9,13H2,1-4H3,(H,22,23). The van der Waals surface area contributed by atoms with E-state index in [1.807, 2.05) is 40.0 Å². The van der Waals surface area contributed by atoms with Crippen LogP contribution in [0.3, 0.4) is 0 Å². The summed E-state index contributed by atoms with van der Waals surface area (Å²) >= 11 is 0. The van der Waals surface area contributed by atoms with Gasteiger partial charge in [0.2, 0.25) is 0 Å². The molecule has 1 heterocycles. The highest BCUT2D eigenvalue weighted by molar-refractivity contribution is 5.68. The van der Waals surface area contributed by atoms with Gasteiger partial charge in [0.25, 0.3) is 0 Å². The number of nitrogens with one attached hydrogen (secondary N) is 2. The summed E-state index contributed by atoms with van der Waals surface area (Å²) in [5.74, 6) is 0. The minimum absolute atomic E-state index is 0.112. The number of hydrogen-bond donors (Lipinski definition) is 2. The van der Waals surface area contributed by atoms with E-state index in [1.165, 1.54) is 18.4 Å². The molecule has 0 aromatic carbocycles. The molecule has 1 fully saturated rings. The number of carbonyl (C=O) groups excluding carboxylic acids is 1. The lowest BCUT2D eigenvalue weighted by Crippen LogP contribution is -2.50. The molecule has 2 rings (SSSR count). The van der Waals surface area contributed by atoms with Crippen molar-refractivity contribution in [2.75, 3.05) is 0 Å². The zero-order valence-corrected chi connectivity index (χ0v) is 15.4. The lowest BCUT2D eigenvalue weighted by Gasteiger charge is -2.29. The number of nitrogens with zero attached hydrogens (tertiary/aromatic N) is 1. The lowest BCUT2D eigenvalue weighted by atomic mass is 10.0. The summed E-state index contributed by atoms with van der Waals surface area (Å²) in [6.45, 7) is 8.42. The van der Waals surface area contributed by atoms with Gasteiger partial charge >= 0.3 is 6.09 Å². The van der Waals surface area contributed by atoms with Crippen LogP contribution in [-0.4, -0.2) is 28.8 Å². The molecule has 1 aromatic heterocycles. The van der Waals surface area contributed by atoms with Crippen LogP contribution in [0, 0.1) is 6.92 Å². The Bertz CT molecular complexity index is 522. The number of aromatic nitrogens is 1. The quantitative estimate of drug-likeness (QED) is 0.825. The monoisotopic (exact) mass is 333 g/mol. The molecule has 5 heteroatoms. The van der Waals surface area contributed by atoms with Gasteiger partial charge in [0.1, 0.15) is 5.60 Å². The molecule has 0 radical (unpaired) electrons. The van der Waals surface area contributed by atoms with E-state index in [-0.39, 0.29) is 18.2 Å². The third-order valence-corrected chi connectivity index (χ3v) is 4.26. The average Bonchev–Trinajstić information content (AvgIpc) is 2.70. The highest BCUT2D eigenvalue weighted by Gasteiger charge is 2.27. The van der Waals surface area contributed by atoms with Gasteiger partial charge in [0.15, 0.2) is 0 Å². The van der Waals surface area contributed by atoms with Gasteiger partial charge in [-0.25, -0.2) is 4.79 Å². The third kappa shape index (κ3) is 6.48. The number of pyridine rings is 1. The van der Waals surface area contributed by atoms with E-state index in [1.54, 1.807) is 0 Å². The summed E-state index contributed by atoms with van der Waals surface area (Å²) in [6.07, 6.45) is 7.20. The molecule has 0 aliphatic heterocycles. The van der Waals surface area contributed by atoms with E-state index in [9.17, 15) is 4.79 Å². The van der Waals surface area contributed by atoms with Gasteiger partial charge in [-0.15, -0.1) is 0 Å². The van der Waals surface area contributed by atoms with Crippen molar-refractivity contribution in [1.82, 2.24) is 15.6 Å². The van der Waals surface area contributed by atoms with Crippen molar-refractivity contribution in [2.45, 2.75) is 84.0 Å². The summed E-state index contributed by atoms with van der Waals surface area (Å²) < 4.78 is 5.42. The molecule has 134 valence electrons. The van der Waals surface area contributed by atoms with Crippen LogP contribution in [0.4, 0.5) is 4.79 Å². The average molecular weight is 333 g/mol. The van der Waals surface area contributed by atoms with Gasteiger partial charge in [-0.1, -0.05) is 25.3 Å². The predicted octanol–water partition coefficient (Wildman–Crippen LogP) is 3.71. The Morgan fingerprint density at radius 2 is 1.92 bits per heavy atom. The maximum absolute atomic E-state index is 12.1. The number of hydrogen-bond acceptors (Lipinski definition) is 4. The minimum Gasteiger partial charge on any atom is -0.444 e. The smallest absolute Gasteiger partial charge is 0.407 e. The number of aryl methyl sites for hydroxylation is 1. The zero-order valence-electron chi connectivity index (χ0n) is 15.4. The van der Waals surface area contributed by atoms with E-state index in [4.69, 9.17) is 4.74 Å². The highest BCUT2D eigenvalue weighted by Crippen LogP contribution is 2.19. The van der Waals surface area contributed by atoms with Crippen molar-refractivity contribution in [2.24, 2.45) is 0 Å². The SMILES string of the molecule is Cc1ccc(CNC2CCCCCC2NC(=O)OC(C)(C)C)cn1. The Kier molecular flexibility index (Phi) is 6.60. The largest absolute Gasteiger partial charge is 0.444 e. The Morgan fingerprint density at radius 1 is 1.21 bits per heavy atom. The van der Waals surface area contributed by atoms with E-state index in [2.05, 4.69) is 21.7 Å². The third-order valence-electron chi connectivity index (χ3n) is 4.26. The molecule has 0 bridgehead atoms. The molecule has 2 N–H and O–H groups in total. The van der Waals surface area contributed by atoms with E-state index >= 15 is 0 Å². The Labute approximate surface area is 145 Å². The summed E-state index contributed by atoms with van der Waals surface area (Å²) in [4.78, 5) is 16.5. The molecule has 2 unspecified atom stereocenters. The van der Waals surface area contributed by atoms with E-state index in [0.29, 0.717) is 0 Å². The van der Waals surface area contributed by atoms with Crippen LogP contribution in [-0.2, 0) is 11.3 Å². The Morgan fingerprint density at radius 3 is 2.54 bits per heavy atom. The second kappa shape index (κ2) is 8.47. The van der Waals surface area contributed by atoms with Crippen LogP contribution in [0.25, 0.3) is 0 Å². The van der Waals surface area contributed by atoms with Crippen molar-refractivity contribution >= 4 is 6.09 Å². The van der Waals surface area contributed by atoms with Gasteiger partial charge in [0.05, 0.1) is 0 Å². The van der Waals surface area contributed by atoms with Crippen molar-refractivity contribution < 1.29 is 9.53 Å². The number of amides is 1. The maximum atomic E-state index is 12.1. The Balaban J connectivity index is 1.93. The molecular weight excluding hydrogens is 302 g/mol. The first-order chi connectivity index (χ1) is 11.3. The van der Waals surface area contributed by atoms with Gasteiger partial charge < -0.3 is 15.4 Å². The second-order valence-corrected chi connectivity index (χ2v) is 7.69. The van der Waals surface area contributed by atoms with Crippen LogP contribution >= 0.6 is 0 Å². The van der Waals surface area contributed by atoms with Gasteiger partial charge in [-0.3, -0.25) is 4.98 Å². The van der Waals surface area contributed by atoms with Crippen LogP contribution in [0.5, 0.6) is 0 Å². The molecule has 1 aromatic rings. The first-order valence-corrected chi connectivity index (χ1v) is 8.98. The fourth-order valence-electron chi connectivity index (χ4n) is 3.04. The molecule has 24 heavy (non-hydrogen) atoms. The van der Waals surface area contributed by atoms with Gasteiger partial charge in [0, 0.05) is 30.5 Å². The van der Waals surface area contributed by atoms with Crippen molar-refractivity contribution in [3.8, 4) is 0 Å². The number of carbonyl (C=O) groups is 1. The predicted molar refractivity (Wildman–Crippen MR) is 95.8 cm³/mol. The summed E-state index contributed by atoms with van der Waals surface area (Å²) in [5, 5.41) is 6.68. The molecule has 1 amide bonds. The lowest BCUT2D eigenvalue weighted by molar-refractivity contribution is 0.0489. The van der Waals surface area contributed by atoms with E-state index in [0.717, 1.165) is 31.5 Å². The maximum Gasteiger partial charge on any atom is 0.407 e. The van der Waals surface area contributed by atoms with Crippen LogP contribution < -0.4 is 10.6 Å². The molecule has 0 saturated heterocycles. The van der Waals surface area contributed by atoms with Crippen LogP contribution in [0.1, 0.15) is 64.1 Å². The fraction of sp³-hybridized carbons (Fsp3) is 0.684. The van der Waals surface area contributed by atoms with Gasteiger partial charge in [-0.2, -0.15) is 0 Å². The first kappa shape index (κ1) is 18.7. The molecule has 1 aliphatic rings. The number of ether oxygens (including phenoxy) is 1. The summed E-state index contributed by atoms with van der Waals surface area (Å²) in [6, 6.07) is 4.50. The molecule has 1 saturated carbocycles. The van der Waals surface area contributed by atoms with Crippen molar-refractivity contribution in [3.05, 3.63) is 29.6 Å². The van der Waals surface area contributed by atoms with Gasteiger partial charge in [-0.05, 0) is 52.2 Å². The topological polar surface area (TPSA) is 63.2 Å². The van der Waals surface area contributed by atoms with Crippen LogP contribution in [0.2, 0.25) is 0 Å². The normalized spacial score (nSPS) is 21.8. The Hall–Kier alpha value is -1.62. The zero-order chi connectivity index (χ0) is 17.6. The number of rotatable bonds is 4. The molecule has 2 atom stereocenters. The molecule has 5 nitrogen and oxygen atoms in total. The molecular formula is C19H31N3O2. The highest BCUT2D eigenvalue weighted by atomic mass is 16.6. The first-order valence-electron chi connectivity index (χ1n) is 8.98. The van der Waals surface area contributed by atoms with Crippen molar-refractivity contribution in [1.29, 1.82) is 0 Å². The van der Waals surface area contributed by atoms with Crippen molar-refractivity contribution in [3.63, 3.8) is 0 Å². The molecule has 1 aliphatic carbocycles. The number of alkyl carbamates (subject to hydrolysis) is 1. The minimum atomic E-state index is -0.467. The summed E-state index contributed by atoms with van der Waals surface area (Å²) in [7, 11) is 0. The second-order valence-electron chi connectivity index (χ2n) is 7.69. The molecule has 0 spiro atoms. The fourth-order valence-corrected chi connectivity index (χ4v) is 3.04. The van der Waals surface area contributed by atoms with Crippen LogP contribution in [0.15, 0.2) is 18.3 Å². The van der Waals surface area contributed by atoms with E-state index < -0.39 is 5.60 Å².